The number of allylic oxidation sites excluding steroid dienone is 1. The molecule has 3 rings (SSSR count). The first-order valence-corrected chi connectivity index (χ1v) is 7.69. The van der Waals surface area contributed by atoms with Crippen LogP contribution in [-0.4, -0.2) is 11.1 Å². The number of aromatic amines is 1. The first-order valence-electron chi connectivity index (χ1n) is 6.93. The summed E-state index contributed by atoms with van der Waals surface area (Å²) in [6.07, 6.45) is 2.70. The van der Waals surface area contributed by atoms with Gasteiger partial charge in [-0.3, -0.25) is 9.32 Å². The molecule has 2 aromatic carbocycles. The molecular formula is C17H11Cl2N2O3+. The van der Waals surface area contributed by atoms with Crippen molar-refractivity contribution in [3.05, 3.63) is 86.3 Å². The number of nitrogens with zero attached hydrogens (tertiary/aromatic N) is 1. The molecule has 0 spiro atoms. The molecule has 0 amide bonds. The standard InChI is InChI=1S/C17H10Cl2N2O3/c18-13-7-4-8-14(19)12(13)9-10-15(22)16-17(23)24-20-21(16)11-5-2-1-3-6-11/h1-10H/p+1/b10-9+. The number of hydrogen-bond acceptors (Lipinski definition) is 3. The van der Waals surface area contributed by atoms with E-state index in [-0.39, 0.29) is 5.69 Å². The first kappa shape index (κ1) is 16.2. The van der Waals surface area contributed by atoms with Crippen molar-refractivity contribution in [3.63, 3.8) is 0 Å². The van der Waals surface area contributed by atoms with Crippen molar-refractivity contribution in [3.8, 4) is 5.69 Å². The molecule has 5 nitrogen and oxygen atoms in total. The van der Waals surface area contributed by atoms with E-state index in [0.29, 0.717) is 21.3 Å². The highest BCUT2D eigenvalue weighted by atomic mass is 35.5. The fraction of sp³-hybridized carbons (Fsp3) is 0. The predicted octanol–water partition coefficient (Wildman–Crippen LogP) is 3.45. The molecule has 0 saturated carbocycles. The zero-order chi connectivity index (χ0) is 17.1. The van der Waals surface area contributed by atoms with Gasteiger partial charge in [-0.15, -0.1) is 0 Å². The maximum absolute atomic E-state index is 12.4. The van der Waals surface area contributed by atoms with Crippen LogP contribution in [-0.2, 0) is 0 Å². The fourth-order valence-electron chi connectivity index (χ4n) is 2.15. The number of hydrogen-bond donors (Lipinski definition) is 1. The number of nitrogens with one attached hydrogen (secondary N) is 1. The average Bonchev–Trinajstić information content (AvgIpc) is 2.97. The van der Waals surface area contributed by atoms with Crippen molar-refractivity contribution in [2.45, 2.75) is 0 Å². The molecular weight excluding hydrogens is 351 g/mol. The van der Waals surface area contributed by atoms with Gasteiger partial charge in [-0.2, -0.15) is 0 Å². The van der Waals surface area contributed by atoms with Crippen LogP contribution in [0.1, 0.15) is 16.1 Å². The van der Waals surface area contributed by atoms with E-state index < -0.39 is 11.4 Å². The molecule has 0 aliphatic rings. The van der Waals surface area contributed by atoms with Crippen LogP contribution in [0.3, 0.4) is 0 Å². The third-order valence-corrected chi connectivity index (χ3v) is 3.95. The number of benzene rings is 2. The van der Waals surface area contributed by atoms with E-state index in [2.05, 4.69) is 5.27 Å². The number of halogens is 2. The topological polar surface area (TPSA) is 67.0 Å². The maximum Gasteiger partial charge on any atom is 0.439 e. The van der Waals surface area contributed by atoms with Crippen LogP contribution in [0.5, 0.6) is 0 Å². The second-order valence-corrected chi connectivity index (χ2v) is 5.65. The second kappa shape index (κ2) is 6.86. The van der Waals surface area contributed by atoms with E-state index in [1.165, 1.54) is 16.8 Å². The molecule has 24 heavy (non-hydrogen) atoms. The lowest BCUT2D eigenvalue weighted by Crippen LogP contribution is -2.40. The zero-order valence-electron chi connectivity index (χ0n) is 12.2. The highest BCUT2D eigenvalue weighted by Crippen LogP contribution is 2.25. The van der Waals surface area contributed by atoms with Crippen molar-refractivity contribution in [2.75, 3.05) is 0 Å². The Kier molecular flexibility index (Phi) is 4.64. The van der Waals surface area contributed by atoms with Gasteiger partial charge in [-0.25, -0.2) is 4.79 Å². The molecule has 1 N–H and O–H groups in total. The number of carbonyl (C=O) groups excluding carboxylic acids is 1. The summed E-state index contributed by atoms with van der Waals surface area (Å²) in [5.74, 6) is -0.537. The Morgan fingerprint density at radius 2 is 1.71 bits per heavy atom. The molecule has 0 aliphatic carbocycles. The summed E-state index contributed by atoms with van der Waals surface area (Å²) in [5.41, 5.74) is 0.177. The highest BCUT2D eigenvalue weighted by Gasteiger charge is 2.28. The molecule has 0 unspecified atom stereocenters. The number of carbonyl (C=O) groups is 1. The molecule has 0 fully saturated rings. The van der Waals surface area contributed by atoms with Crippen molar-refractivity contribution < 1.29 is 14.0 Å². The van der Waals surface area contributed by atoms with Gasteiger partial charge in [0.15, 0.2) is 0 Å². The largest absolute Gasteiger partial charge is 0.439 e. The van der Waals surface area contributed by atoms with Gasteiger partial charge in [0, 0.05) is 27.7 Å². The summed E-state index contributed by atoms with van der Waals surface area (Å²) >= 11 is 12.1. The molecule has 0 atom stereocenters. The van der Waals surface area contributed by atoms with E-state index in [9.17, 15) is 9.59 Å². The Labute approximate surface area is 146 Å². The number of H-pyrrole nitrogens is 1. The molecule has 0 saturated heterocycles. The maximum atomic E-state index is 12.4. The van der Waals surface area contributed by atoms with Crippen LogP contribution in [0.25, 0.3) is 11.8 Å². The first-order chi connectivity index (χ1) is 11.6. The molecule has 0 bridgehead atoms. The van der Waals surface area contributed by atoms with E-state index >= 15 is 0 Å². The van der Waals surface area contributed by atoms with Crippen molar-refractivity contribution in [2.24, 2.45) is 0 Å². The van der Waals surface area contributed by atoms with Gasteiger partial charge in [0.1, 0.15) is 0 Å². The molecule has 7 heteroatoms. The van der Waals surface area contributed by atoms with Crippen LogP contribution in [0, 0.1) is 0 Å². The van der Waals surface area contributed by atoms with Crippen molar-refractivity contribution in [1.29, 1.82) is 0 Å². The zero-order valence-corrected chi connectivity index (χ0v) is 13.7. The quantitative estimate of drug-likeness (QED) is 0.439. The van der Waals surface area contributed by atoms with Gasteiger partial charge in [0.25, 0.3) is 5.78 Å². The Morgan fingerprint density at radius 1 is 1.04 bits per heavy atom. The lowest BCUT2D eigenvalue weighted by Gasteiger charge is -1.99. The van der Waals surface area contributed by atoms with Gasteiger partial charge in [0.2, 0.25) is 5.69 Å². The van der Waals surface area contributed by atoms with E-state index in [1.807, 2.05) is 6.07 Å². The fourth-order valence-corrected chi connectivity index (χ4v) is 2.67. The third kappa shape index (κ3) is 3.18. The van der Waals surface area contributed by atoms with Crippen LogP contribution < -0.4 is 10.3 Å². The molecule has 1 aromatic heterocycles. The number of ketones is 1. The normalized spacial score (nSPS) is 11.1. The number of aromatic nitrogens is 2. The number of para-hydroxylation sites is 1. The van der Waals surface area contributed by atoms with Crippen LogP contribution in [0.2, 0.25) is 10.0 Å². The minimum atomic E-state index is -0.765. The summed E-state index contributed by atoms with van der Waals surface area (Å²) in [6.45, 7) is 0. The molecule has 0 radical (unpaired) electrons. The lowest BCUT2D eigenvalue weighted by molar-refractivity contribution is -0.672. The smallest absolute Gasteiger partial charge is 0.282 e. The van der Waals surface area contributed by atoms with Crippen LogP contribution in [0.4, 0.5) is 0 Å². The van der Waals surface area contributed by atoms with Crippen molar-refractivity contribution in [1.82, 2.24) is 5.27 Å². The third-order valence-electron chi connectivity index (χ3n) is 3.30. The Hall–Kier alpha value is -2.63. The van der Waals surface area contributed by atoms with Gasteiger partial charge in [0.05, 0.1) is 0 Å². The SMILES string of the molecule is O=C(/C=C/c1c(Cl)cccc1Cl)c1c(=O)o[nH][n+]1-c1ccccc1. The molecule has 0 aliphatic heterocycles. The van der Waals surface area contributed by atoms with Crippen LogP contribution in [0.15, 0.2) is 63.9 Å². The van der Waals surface area contributed by atoms with Crippen LogP contribution >= 0.6 is 23.2 Å². The summed E-state index contributed by atoms with van der Waals surface area (Å²) in [6, 6.07) is 13.9. The van der Waals surface area contributed by atoms with E-state index in [0.717, 1.165) is 0 Å². The Balaban J connectivity index is 1.99. The van der Waals surface area contributed by atoms with E-state index in [1.54, 1.807) is 42.5 Å². The Bertz CT molecular complexity index is 955. The average molecular weight is 362 g/mol. The summed E-state index contributed by atoms with van der Waals surface area (Å²) in [5, 5.41) is 3.23. The summed E-state index contributed by atoms with van der Waals surface area (Å²) < 4.78 is 6.03. The molecule has 1 heterocycles. The molecule has 120 valence electrons. The Morgan fingerprint density at radius 3 is 2.38 bits per heavy atom. The predicted molar refractivity (Wildman–Crippen MR) is 90.7 cm³/mol. The lowest BCUT2D eigenvalue weighted by atomic mass is 10.1. The van der Waals surface area contributed by atoms with Gasteiger partial charge < -0.3 is 0 Å². The van der Waals surface area contributed by atoms with E-state index in [4.69, 9.17) is 27.7 Å². The van der Waals surface area contributed by atoms with Gasteiger partial charge in [-0.05, 0) is 34.2 Å². The summed E-state index contributed by atoms with van der Waals surface area (Å²) in [7, 11) is 0. The highest BCUT2D eigenvalue weighted by molar-refractivity contribution is 6.37. The minimum Gasteiger partial charge on any atom is -0.282 e. The second-order valence-electron chi connectivity index (χ2n) is 4.83. The van der Waals surface area contributed by atoms with Gasteiger partial charge in [-0.1, -0.05) is 47.5 Å². The monoisotopic (exact) mass is 361 g/mol. The minimum absolute atomic E-state index is 0.152. The van der Waals surface area contributed by atoms with Crippen molar-refractivity contribution >= 4 is 35.1 Å². The van der Waals surface area contributed by atoms with Gasteiger partial charge >= 0.3 is 11.3 Å². The number of rotatable bonds is 4. The molecule has 3 aromatic rings. The summed E-state index contributed by atoms with van der Waals surface area (Å²) in [4.78, 5) is 24.3.